The first-order valence-corrected chi connectivity index (χ1v) is 5.43. The van der Waals surface area contributed by atoms with Crippen LogP contribution in [0.4, 0.5) is 4.39 Å². The van der Waals surface area contributed by atoms with Gasteiger partial charge in [-0.25, -0.2) is 4.39 Å². The molecule has 0 aliphatic heterocycles. The third kappa shape index (κ3) is 3.46. The molecule has 0 atom stereocenters. The molecule has 0 aliphatic rings. The van der Waals surface area contributed by atoms with Crippen LogP contribution in [-0.2, 0) is 0 Å². The Morgan fingerprint density at radius 1 is 1.33 bits per heavy atom. The Bertz CT molecular complexity index is 238. The van der Waals surface area contributed by atoms with Crippen LogP contribution in [0.2, 0.25) is 0 Å². The smallest absolute Gasteiger partial charge is 0.126 e. The fourth-order valence-corrected chi connectivity index (χ4v) is 1.29. The zero-order valence-electron chi connectivity index (χ0n) is 7.40. The third-order valence-corrected chi connectivity index (χ3v) is 2.19. The summed E-state index contributed by atoms with van der Waals surface area (Å²) in [6.45, 7) is 5.71. The lowest BCUT2D eigenvalue weighted by Crippen LogP contribution is -1.79. The van der Waals surface area contributed by atoms with Crippen molar-refractivity contribution in [3.8, 4) is 0 Å². The van der Waals surface area contributed by atoms with Crippen molar-refractivity contribution in [2.45, 2.75) is 25.7 Å². The molecule has 0 bridgehead atoms. The topological polar surface area (TPSA) is 0 Å². The fourth-order valence-electron chi connectivity index (χ4n) is 0.665. The Kier molecular flexibility index (Phi) is 6.21. The van der Waals surface area contributed by atoms with Gasteiger partial charge in [0.2, 0.25) is 0 Å². The van der Waals surface area contributed by atoms with Crippen LogP contribution < -0.4 is 0 Å². The van der Waals surface area contributed by atoms with Crippen molar-refractivity contribution in [2.75, 3.05) is 0 Å². The molecule has 0 fully saturated rings. The molecule has 1 rings (SSSR count). The maximum atomic E-state index is 12.6. The summed E-state index contributed by atoms with van der Waals surface area (Å²) in [7, 11) is 6.54. The molecule has 0 spiro atoms. The van der Waals surface area contributed by atoms with Crippen LogP contribution in [-0.4, -0.2) is 0 Å². The standard InChI is InChI=1S/C7H6ClFS.C2H6/c1-5-4-6(10-8)2-3-7(5)9;1-2/h2-4H,1H3;1-2H3. The molecule has 1 aromatic rings. The molecule has 0 saturated heterocycles. The Morgan fingerprint density at radius 3 is 2.33 bits per heavy atom. The molecule has 12 heavy (non-hydrogen) atoms. The van der Waals surface area contributed by atoms with Gasteiger partial charge in [-0.2, -0.15) is 0 Å². The van der Waals surface area contributed by atoms with Crippen molar-refractivity contribution < 1.29 is 4.39 Å². The lowest BCUT2D eigenvalue weighted by atomic mass is 10.2. The Labute approximate surface area is 81.6 Å². The van der Waals surface area contributed by atoms with Gasteiger partial charge in [-0.3, -0.25) is 0 Å². The quantitative estimate of drug-likeness (QED) is 0.656. The lowest BCUT2D eigenvalue weighted by molar-refractivity contribution is 0.617. The highest BCUT2D eigenvalue weighted by Gasteiger charge is 1.96. The maximum absolute atomic E-state index is 12.6. The SMILES string of the molecule is CC.Cc1cc(SCl)ccc1F. The molecule has 0 radical (unpaired) electrons. The minimum Gasteiger partial charge on any atom is -0.207 e. The van der Waals surface area contributed by atoms with E-state index in [2.05, 4.69) is 0 Å². The summed E-state index contributed by atoms with van der Waals surface area (Å²) in [5.74, 6) is -0.186. The first-order chi connectivity index (χ1) is 5.74. The fraction of sp³-hybridized carbons (Fsp3) is 0.333. The molecule has 0 N–H and O–H groups in total. The van der Waals surface area contributed by atoms with Gasteiger partial charge in [0.1, 0.15) is 5.82 Å². The maximum Gasteiger partial charge on any atom is 0.126 e. The molecule has 0 amide bonds. The van der Waals surface area contributed by atoms with E-state index in [1.165, 1.54) is 6.07 Å². The molecule has 0 aliphatic carbocycles. The Morgan fingerprint density at radius 2 is 1.92 bits per heavy atom. The van der Waals surface area contributed by atoms with Gasteiger partial charge < -0.3 is 0 Å². The van der Waals surface area contributed by atoms with Gasteiger partial charge in [0.25, 0.3) is 0 Å². The second-order valence-corrected chi connectivity index (χ2v) is 3.08. The summed E-state index contributed by atoms with van der Waals surface area (Å²) in [6, 6.07) is 4.78. The monoisotopic (exact) mass is 206 g/mol. The van der Waals surface area contributed by atoms with Gasteiger partial charge in [-0.1, -0.05) is 13.8 Å². The van der Waals surface area contributed by atoms with E-state index in [1.54, 1.807) is 19.1 Å². The van der Waals surface area contributed by atoms with E-state index in [-0.39, 0.29) is 5.82 Å². The minimum absolute atomic E-state index is 0.186. The van der Waals surface area contributed by atoms with Crippen LogP contribution in [0, 0.1) is 12.7 Å². The molecule has 0 aromatic heterocycles. The molecule has 0 nitrogen and oxygen atoms in total. The molecule has 0 heterocycles. The van der Waals surface area contributed by atoms with Crippen LogP contribution in [0.15, 0.2) is 23.1 Å². The van der Waals surface area contributed by atoms with E-state index >= 15 is 0 Å². The number of halogens is 2. The average Bonchev–Trinajstić information content (AvgIpc) is 2.13. The van der Waals surface area contributed by atoms with E-state index < -0.39 is 0 Å². The van der Waals surface area contributed by atoms with Crippen molar-refractivity contribution in [3.05, 3.63) is 29.6 Å². The highest BCUT2D eigenvalue weighted by molar-refractivity contribution is 8.21. The average molecular weight is 207 g/mol. The normalized spacial score (nSPS) is 8.75. The second kappa shape index (κ2) is 6.32. The van der Waals surface area contributed by atoms with Gasteiger partial charge in [-0.05, 0) is 52.3 Å². The number of rotatable bonds is 1. The largest absolute Gasteiger partial charge is 0.207 e. The minimum atomic E-state index is -0.186. The van der Waals surface area contributed by atoms with Crippen LogP contribution in [0.5, 0.6) is 0 Å². The summed E-state index contributed by atoms with van der Waals surface area (Å²) in [4.78, 5) is 0.876. The van der Waals surface area contributed by atoms with Gasteiger partial charge >= 0.3 is 0 Å². The first kappa shape index (κ1) is 11.8. The van der Waals surface area contributed by atoms with E-state index in [0.717, 1.165) is 15.9 Å². The summed E-state index contributed by atoms with van der Waals surface area (Å²) in [5.41, 5.74) is 0.630. The van der Waals surface area contributed by atoms with Crippen molar-refractivity contribution in [1.29, 1.82) is 0 Å². The van der Waals surface area contributed by atoms with Crippen molar-refractivity contribution in [3.63, 3.8) is 0 Å². The summed E-state index contributed by atoms with van der Waals surface area (Å²) < 4.78 is 12.6. The van der Waals surface area contributed by atoms with E-state index in [4.69, 9.17) is 10.7 Å². The Hall–Kier alpha value is -0.210. The van der Waals surface area contributed by atoms with Crippen molar-refractivity contribution in [2.24, 2.45) is 0 Å². The van der Waals surface area contributed by atoms with Crippen molar-refractivity contribution >= 4 is 21.7 Å². The van der Waals surface area contributed by atoms with Crippen LogP contribution in [0.25, 0.3) is 0 Å². The third-order valence-electron chi connectivity index (χ3n) is 1.22. The lowest BCUT2D eigenvalue weighted by Gasteiger charge is -1.96. The van der Waals surface area contributed by atoms with E-state index in [1.807, 2.05) is 13.8 Å². The molecule has 3 heteroatoms. The predicted octanol–water partition coefficient (Wildman–Crippen LogP) is 4.41. The molecular formula is C9H12ClFS. The molecule has 0 unspecified atom stereocenters. The van der Waals surface area contributed by atoms with Crippen LogP contribution in [0.1, 0.15) is 19.4 Å². The second-order valence-electron chi connectivity index (χ2n) is 1.99. The van der Waals surface area contributed by atoms with Gasteiger partial charge in [0, 0.05) is 4.90 Å². The van der Waals surface area contributed by atoms with Crippen LogP contribution in [0.3, 0.4) is 0 Å². The van der Waals surface area contributed by atoms with E-state index in [0.29, 0.717) is 5.56 Å². The predicted molar refractivity (Wildman–Crippen MR) is 54.2 cm³/mol. The first-order valence-electron chi connectivity index (χ1n) is 3.79. The zero-order chi connectivity index (χ0) is 9.56. The molecule has 0 saturated carbocycles. The Balaban J connectivity index is 0.000000561. The molecular weight excluding hydrogens is 195 g/mol. The summed E-state index contributed by atoms with van der Waals surface area (Å²) >= 11 is 0. The van der Waals surface area contributed by atoms with Gasteiger partial charge in [-0.15, -0.1) is 0 Å². The van der Waals surface area contributed by atoms with Gasteiger partial charge in [0.15, 0.2) is 0 Å². The highest BCUT2D eigenvalue weighted by Crippen LogP contribution is 2.23. The van der Waals surface area contributed by atoms with E-state index in [9.17, 15) is 4.39 Å². The van der Waals surface area contributed by atoms with Crippen molar-refractivity contribution in [1.82, 2.24) is 0 Å². The number of benzene rings is 1. The molecule has 68 valence electrons. The van der Waals surface area contributed by atoms with Gasteiger partial charge in [0.05, 0.1) is 0 Å². The van der Waals surface area contributed by atoms with Crippen LogP contribution >= 0.6 is 21.7 Å². The zero-order valence-corrected chi connectivity index (χ0v) is 8.97. The summed E-state index contributed by atoms with van der Waals surface area (Å²) in [5, 5.41) is 0. The number of hydrogen-bond acceptors (Lipinski definition) is 1. The number of hydrogen-bond donors (Lipinski definition) is 0. The number of aryl methyl sites for hydroxylation is 1. The molecule has 1 aromatic carbocycles. The highest BCUT2D eigenvalue weighted by atomic mass is 35.7. The summed E-state index contributed by atoms with van der Waals surface area (Å²) in [6.07, 6.45) is 0.